The Morgan fingerprint density at radius 1 is 1.18 bits per heavy atom. The van der Waals surface area contributed by atoms with Crippen LogP contribution >= 0.6 is 0 Å². The van der Waals surface area contributed by atoms with Gasteiger partial charge >= 0.3 is 0 Å². The van der Waals surface area contributed by atoms with Gasteiger partial charge in [0, 0.05) is 31.9 Å². The van der Waals surface area contributed by atoms with Crippen LogP contribution in [0.15, 0.2) is 54.6 Å². The van der Waals surface area contributed by atoms with Gasteiger partial charge in [-0.05, 0) is 49.6 Å². The molecule has 0 spiro atoms. The Bertz CT molecular complexity index is 745. The van der Waals surface area contributed by atoms with Crippen molar-refractivity contribution in [3.05, 3.63) is 60.2 Å². The first-order valence-corrected chi connectivity index (χ1v) is 10.0. The third-order valence-corrected chi connectivity index (χ3v) is 5.14. The van der Waals surface area contributed by atoms with Crippen LogP contribution in [0.3, 0.4) is 0 Å². The minimum atomic E-state index is 0.115. The standard InChI is InChI=1S/C23H30N2O3/c1-3-24(20-10-5-4-6-11-20)18-23(26)25(17-22-13-8-14-28-22)16-19-9-7-12-21(15-19)27-2/h4-7,9-12,15,22H,3,8,13-14,16-18H2,1-2H3. The molecule has 1 atom stereocenters. The maximum absolute atomic E-state index is 13.2. The zero-order valence-electron chi connectivity index (χ0n) is 16.8. The molecule has 0 radical (unpaired) electrons. The van der Waals surface area contributed by atoms with Gasteiger partial charge in [-0.1, -0.05) is 30.3 Å². The van der Waals surface area contributed by atoms with E-state index in [1.165, 1.54) is 0 Å². The van der Waals surface area contributed by atoms with E-state index in [1.54, 1.807) is 7.11 Å². The fraction of sp³-hybridized carbons (Fsp3) is 0.435. The molecule has 5 nitrogen and oxygen atoms in total. The second-order valence-electron chi connectivity index (χ2n) is 7.11. The number of carbonyl (C=O) groups excluding carboxylic acids is 1. The lowest BCUT2D eigenvalue weighted by Gasteiger charge is -2.30. The van der Waals surface area contributed by atoms with E-state index in [1.807, 2.05) is 59.5 Å². The summed E-state index contributed by atoms with van der Waals surface area (Å²) in [6.07, 6.45) is 2.20. The SMILES string of the molecule is CCN(CC(=O)N(Cc1cccc(OC)c1)CC1CCCO1)c1ccccc1. The van der Waals surface area contributed by atoms with Crippen molar-refractivity contribution in [2.45, 2.75) is 32.4 Å². The summed E-state index contributed by atoms with van der Waals surface area (Å²) in [6, 6.07) is 18.0. The third-order valence-electron chi connectivity index (χ3n) is 5.14. The topological polar surface area (TPSA) is 42.0 Å². The zero-order valence-corrected chi connectivity index (χ0v) is 16.8. The predicted molar refractivity (Wildman–Crippen MR) is 112 cm³/mol. The number of hydrogen-bond donors (Lipinski definition) is 0. The van der Waals surface area contributed by atoms with Gasteiger partial charge in [-0.25, -0.2) is 0 Å². The van der Waals surface area contributed by atoms with Gasteiger partial charge in [0.05, 0.1) is 19.8 Å². The van der Waals surface area contributed by atoms with Crippen LogP contribution < -0.4 is 9.64 Å². The van der Waals surface area contributed by atoms with Crippen molar-refractivity contribution in [2.24, 2.45) is 0 Å². The van der Waals surface area contributed by atoms with Crippen LogP contribution in [0.25, 0.3) is 0 Å². The molecule has 0 aliphatic carbocycles. The molecule has 1 fully saturated rings. The molecule has 1 heterocycles. The molecular formula is C23H30N2O3. The highest BCUT2D eigenvalue weighted by atomic mass is 16.5. The minimum absolute atomic E-state index is 0.115. The number of rotatable bonds is 9. The van der Waals surface area contributed by atoms with Crippen LogP contribution in [0.1, 0.15) is 25.3 Å². The molecule has 1 aliphatic heterocycles. The molecule has 5 heteroatoms. The number of para-hydroxylation sites is 1. The van der Waals surface area contributed by atoms with Gasteiger partial charge in [-0.15, -0.1) is 0 Å². The van der Waals surface area contributed by atoms with Crippen molar-refractivity contribution < 1.29 is 14.3 Å². The van der Waals surface area contributed by atoms with E-state index in [9.17, 15) is 4.79 Å². The Labute approximate surface area is 167 Å². The first kappa shape index (κ1) is 20.2. The van der Waals surface area contributed by atoms with Crippen LogP contribution in [-0.4, -0.2) is 50.3 Å². The molecular weight excluding hydrogens is 352 g/mol. The molecule has 1 amide bonds. The summed E-state index contributed by atoms with van der Waals surface area (Å²) in [5.41, 5.74) is 2.13. The highest BCUT2D eigenvalue weighted by molar-refractivity contribution is 5.81. The molecule has 1 unspecified atom stereocenters. The summed E-state index contributed by atoms with van der Waals surface area (Å²) in [5, 5.41) is 0. The Hall–Kier alpha value is -2.53. The van der Waals surface area contributed by atoms with Gasteiger partial charge in [-0.2, -0.15) is 0 Å². The van der Waals surface area contributed by atoms with Crippen LogP contribution in [-0.2, 0) is 16.1 Å². The fourth-order valence-electron chi connectivity index (χ4n) is 3.57. The Morgan fingerprint density at radius 2 is 2.00 bits per heavy atom. The van der Waals surface area contributed by atoms with Gasteiger partial charge in [0.2, 0.25) is 5.91 Å². The number of carbonyl (C=O) groups is 1. The van der Waals surface area contributed by atoms with E-state index in [0.29, 0.717) is 19.6 Å². The number of amides is 1. The van der Waals surface area contributed by atoms with E-state index >= 15 is 0 Å². The van der Waals surface area contributed by atoms with E-state index < -0.39 is 0 Å². The lowest BCUT2D eigenvalue weighted by atomic mass is 10.1. The number of methoxy groups -OCH3 is 1. The van der Waals surface area contributed by atoms with Crippen molar-refractivity contribution >= 4 is 11.6 Å². The molecule has 150 valence electrons. The number of hydrogen-bond acceptors (Lipinski definition) is 4. The van der Waals surface area contributed by atoms with Crippen molar-refractivity contribution in [3.63, 3.8) is 0 Å². The molecule has 2 aromatic rings. The lowest BCUT2D eigenvalue weighted by Crippen LogP contribution is -2.43. The van der Waals surface area contributed by atoms with Crippen LogP contribution in [0.2, 0.25) is 0 Å². The first-order chi connectivity index (χ1) is 13.7. The number of likely N-dealkylation sites (N-methyl/N-ethyl adjacent to an activating group) is 1. The highest BCUT2D eigenvalue weighted by Gasteiger charge is 2.24. The lowest BCUT2D eigenvalue weighted by molar-refractivity contribution is -0.132. The highest BCUT2D eigenvalue weighted by Crippen LogP contribution is 2.19. The molecule has 0 aromatic heterocycles. The molecule has 1 saturated heterocycles. The van der Waals surface area contributed by atoms with Gasteiger partial charge < -0.3 is 19.3 Å². The Balaban J connectivity index is 1.73. The largest absolute Gasteiger partial charge is 0.497 e. The average Bonchev–Trinajstić information content (AvgIpc) is 3.25. The third kappa shape index (κ3) is 5.49. The van der Waals surface area contributed by atoms with Gasteiger partial charge in [0.1, 0.15) is 5.75 Å². The molecule has 2 aromatic carbocycles. The maximum Gasteiger partial charge on any atom is 0.242 e. The van der Waals surface area contributed by atoms with E-state index in [4.69, 9.17) is 9.47 Å². The Morgan fingerprint density at radius 3 is 2.68 bits per heavy atom. The molecule has 28 heavy (non-hydrogen) atoms. The summed E-state index contributed by atoms with van der Waals surface area (Å²) in [5.74, 6) is 0.922. The van der Waals surface area contributed by atoms with E-state index in [-0.39, 0.29) is 12.0 Å². The summed E-state index contributed by atoms with van der Waals surface area (Å²) in [6.45, 7) is 5.19. The van der Waals surface area contributed by atoms with Gasteiger partial charge in [-0.3, -0.25) is 4.79 Å². The number of ether oxygens (including phenoxy) is 2. The Kier molecular flexibility index (Phi) is 7.31. The van der Waals surface area contributed by atoms with Gasteiger partial charge in [0.15, 0.2) is 0 Å². The summed E-state index contributed by atoms with van der Waals surface area (Å²) >= 11 is 0. The zero-order chi connectivity index (χ0) is 19.8. The normalized spacial score (nSPS) is 16.0. The van der Waals surface area contributed by atoms with Gasteiger partial charge in [0.25, 0.3) is 0 Å². The minimum Gasteiger partial charge on any atom is -0.497 e. The number of nitrogens with zero attached hydrogens (tertiary/aromatic N) is 2. The quantitative estimate of drug-likeness (QED) is 0.663. The van der Waals surface area contributed by atoms with Crippen LogP contribution in [0, 0.1) is 0 Å². The van der Waals surface area contributed by atoms with Crippen molar-refractivity contribution in [3.8, 4) is 5.75 Å². The average molecular weight is 383 g/mol. The summed E-state index contributed by atoms with van der Waals surface area (Å²) in [4.78, 5) is 17.3. The second kappa shape index (κ2) is 10.1. The molecule has 0 bridgehead atoms. The maximum atomic E-state index is 13.2. The van der Waals surface area contributed by atoms with E-state index in [0.717, 1.165) is 43.0 Å². The fourth-order valence-corrected chi connectivity index (χ4v) is 3.57. The van der Waals surface area contributed by atoms with Crippen molar-refractivity contribution in [2.75, 3.05) is 38.3 Å². The van der Waals surface area contributed by atoms with Crippen molar-refractivity contribution in [1.82, 2.24) is 4.90 Å². The molecule has 1 aliphatic rings. The smallest absolute Gasteiger partial charge is 0.242 e. The van der Waals surface area contributed by atoms with Crippen LogP contribution in [0.5, 0.6) is 5.75 Å². The van der Waals surface area contributed by atoms with Crippen molar-refractivity contribution in [1.29, 1.82) is 0 Å². The molecule has 0 N–H and O–H groups in total. The van der Waals surface area contributed by atoms with E-state index in [2.05, 4.69) is 11.8 Å². The van der Waals surface area contributed by atoms with Crippen LogP contribution in [0.4, 0.5) is 5.69 Å². The molecule has 0 saturated carbocycles. The number of benzene rings is 2. The monoisotopic (exact) mass is 382 g/mol. The summed E-state index contributed by atoms with van der Waals surface area (Å²) in [7, 11) is 1.66. The second-order valence-corrected chi connectivity index (χ2v) is 7.11. The number of anilines is 1. The predicted octanol–water partition coefficient (Wildman–Crippen LogP) is 3.73. The molecule has 3 rings (SSSR count). The first-order valence-electron chi connectivity index (χ1n) is 10.0. The summed E-state index contributed by atoms with van der Waals surface area (Å²) < 4.78 is 11.1.